The average molecular weight is 307 g/mol. The van der Waals surface area contributed by atoms with Gasteiger partial charge in [0.2, 0.25) is 0 Å². The minimum absolute atomic E-state index is 0.0553. The van der Waals surface area contributed by atoms with E-state index in [1.165, 1.54) is 10.4 Å². The number of methoxy groups -OCH3 is 3. The molecule has 1 heterocycles. The first-order valence-corrected chi connectivity index (χ1v) is 7.55. The van der Waals surface area contributed by atoms with Gasteiger partial charge in [-0.15, -0.1) is 11.3 Å². The zero-order valence-corrected chi connectivity index (χ0v) is 13.8. The van der Waals surface area contributed by atoms with Crippen LogP contribution in [0.25, 0.3) is 0 Å². The molecule has 5 heteroatoms. The molecule has 0 aliphatic rings. The molecule has 21 heavy (non-hydrogen) atoms. The maximum atomic E-state index is 5.54. The first-order valence-electron chi connectivity index (χ1n) is 6.67. The Balaban J connectivity index is 2.57. The van der Waals surface area contributed by atoms with Crippen LogP contribution in [0.15, 0.2) is 23.6 Å². The van der Waals surface area contributed by atoms with Gasteiger partial charge in [0.1, 0.15) is 5.75 Å². The van der Waals surface area contributed by atoms with Crippen molar-refractivity contribution >= 4 is 11.3 Å². The van der Waals surface area contributed by atoms with Crippen LogP contribution in [-0.4, -0.2) is 28.4 Å². The molecule has 114 valence electrons. The summed E-state index contributed by atoms with van der Waals surface area (Å²) in [4.78, 5) is 1.27. The standard InChI is InChI=1S/C16H21NO3S/c1-10-6-7-21-16(10)15(17-2)11-8-13(19-4)14(20-5)9-12(11)18-3/h6-9,15,17H,1-5H3. The van der Waals surface area contributed by atoms with Crippen LogP contribution in [0.5, 0.6) is 17.2 Å². The lowest BCUT2D eigenvalue weighted by Crippen LogP contribution is -2.18. The lowest BCUT2D eigenvalue weighted by Gasteiger charge is -2.21. The zero-order valence-electron chi connectivity index (χ0n) is 13.0. The van der Waals surface area contributed by atoms with Gasteiger partial charge in [-0.3, -0.25) is 0 Å². The Kier molecular flexibility index (Phi) is 5.09. The van der Waals surface area contributed by atoms with Crippen LogP contribution in [0.4, 0.5) is 0 Å². The molecule has 2 aromatic rings. The summed E-state index contributed by atoms with van der Waals surface area (Å²) in [5.41, 5.74) is 2.29. The molecule has 4 nitrogen and oxygen atoms in total. The van der Waals surface area contributed by atoms with Gasteiger partial charge in [0.15, 0.2) is 11.5 Å². The summed E-state index contributed by atoms with van der Waals surface area (Å²) in [5, 5.41) is 5.46. The predicted molar refractivity (Wildman–Crippen MR) is 86.1 cm³/mol. The third-order valence-corrected chi connectivity index (χ3v) is 4.58. The van der Waals surface area contributed by atoms with Crippen molar-refractivity contribution < 1.29 is 14.2 Å². The van der Waals surface area contributed by atoms with E-state index in [4.69, 9.17) is 14.2 Å². The fourth-order valence-electron chi connectivity index (χ4n) is 2.39. The first kappa shape index (κ1) is 15.7. The van der Waals surface area contributed by atoms with Gasteiger partial charge in [0.25, 0.3) is 0 Å². The van der Waals surface area contributed by atoms with Crippen molar-refractivity contribution in [2.75, 3.05) is 28.4 Å². The second-order valence-electron chi connectivity index (χ2n) is 4.64. The fraction of sp³-hybridized carbons (Fsp3) is 0.375. The molecular weight excluding hydrogens is 286 g/mol. The van der Waals surface area contributed by atoms with Crippen LogP contribution in [0, 0.1) is 6.92 Å². The zero-order chi connectivity index (χ0) is 15.4. The normalized spacial score (nSPS) is 12.0. The molecule has 2 rings (SSSR count). The highest BCUT2D eigenvalue weighted by Gasteiger charge is 2.22. The molecule has 0 bridgehead atoms. The Morgan fingerprint density at radius 1 is 1.00 bits per heavy atom. The first-order chi connectivity index (χ1) is 10.2. The van der Waals surface area contributed by atoms with Gasteiger partial charge >= 0.3 is 0 Å². The molecule has 0 fully saturated rings. The number of nitrogens with one attached hydrogen (secondary N) is 1. The molecule has 0 aliphatic heterocycles. The van der Waals surface area contributed by atoms with Crippen LogP contribution in [0.2, 0.25) is 0 Å². The van der Waals surface area contributed by atoms with E-state index in [2.05, 4.69) is 23.7 Å². The van der Waals surface area contributed by atoms with Gasteiger partial charge in [0.05, 0.1) is 27.4 Å². The molecule has 0 saturated heterocycles. The smallest absolute Gasteiger partial charge is 0.164 e. The summed E-state index contributed by atoms with van der Waals surface area (Å²) in [5.74, 6) is 2.14. The average Bonchev–Trinajstić information content (AvgIpc) is 2.93. The monoisotopic (exact) mass is 307 g/mol. The highest BCUT2D eigenvalue weighted by atomic mass is 32.1. The molecule has 1 atom stereocenters. The van der Waals surface area contributed by atoms with E-state index in [1.54, 1.807) is 32.7 Å². The fourth-order valence-corrected chi connectivity index (χ4v) is 3.44. The number of benzene rings is 1. The summed E-state index contributed by atoms with van der Waals surface area (Å²) in [6.45, 7) is 2.11. The van der Waals surface area contributed by atoms with Gasteiger partial charge in [-0.25, -0.2) is 0 Å². The summed E-state index contributed by atoms with van der Waals surface area (Å²) in [6, 6.07) is 6.01. The molecule has 1 N–H and O–H groups in total. The lowest BCUT2D eigenvalue weighted by atomic mass is 10.0. The summed E-state index contributed by atoms with van der Waals surface area (Å²) >= 11 is 1.73. The molecule has 0 aliphatic carbocycles. The van der Waals surface area contributed by atoms with E-state index in [9.17, 15) is 0 Å². The third-order valence-electron chi connectivity index (χ3n) is 3.50. The highest BCUT2D eigenvalue weighted by molar-refractivity contribution is 7.10. The van der Waals surface area contributed by atoms with E-state index in [-0.39, 0.29) is 6.04 Å². The molecule has 0 radical (unpaired) electrons. The number of hydrogen-bond acceptors (Lipinski definition) is 5. The number of thiophene rings is 1. The van der Waals surface area contributed by atoms with Crippen molar-refractivity contribution in [2.24, 2.45) is 0 Å². The van der Waals surface area contributed by atoms with Crippen LogP contribution >= 0.6 is 11.3 Å². The van der Waals surface area contributed by atoms with Gasteiger partial charge in [0, 0.05) is 16.5 Å². The van der Waals surface area contributed by atoms with Crippen LogP contribution in [-0.2, 0) is 0 Å². The van der Waals surface area contributed by atoms with E-state index in [0.29, 0.717) is 11.5 Å². The summed E-state index contributed by atoms with van der Waals surface area (Å²) in [6.07, 6.45) is 0. The predicted octanol–water partition coefficient (Wildman–Crippen LogP) is 3.39. The topological polar surface area (TPSA) is 39.7 Å². The van der Waals surface area contributed by atoms with Crippen molar-refractivity contribution in [3.63, 3.8) is 0 Å². The number of aryl methyl sites for hydroxylation is 1. The Labute approximate surface area is 129 Å². The number of hydrogen-bond donors (Lipinski definition) is 1. The molecule has 0 spiro atoms. The Bertz CT molecular complexity index is 610. The SMILES string of the molecule is CNC(c1cc(OC)c(OC)cc1OC)c1sccc1C. The maximum absolute atomic E-state index is 5.54. The van der Waals surface area contributed by atoms with Crippen molar-refractivity contribution in [3.8, 4) is 17.2 Å². The lowest BCUT2D eigenvalue weighted by molar-refractivity contribution is 0.346. The van der Waals surface area contributed by atoms with E-state index >= 15 is 0 Å². The van der Waals surface area contributed by atoms with Crippen molar-refractivity contribution in [1.82, 2.24) is 5.32 Å². The Morgan fingerprint density at radius 3 is 2.10 bits per heavy atom. The van der Waals surface area contributed by atoms with Gasteiger partial charge in [-0.05, 0) is 37.0 Å². The largest absolute Gasteiger partial charge is 0.496 e. The minimum Gasteiger partial charge on any atom is -0.496 e. The highest BCUT2D eigenvalue weighted by Crippen LogP contribution is 2.40. The number of rotatable bonds is 6. The number of ether oxygens (including phenoxy) is 3. The molecule has 0 saturated carbocycles. The van der Waals surface area contributed by atoms with Crippen molar-refractivity contribution in [2.45, 2.75) is 13.0 Å². The van der Waals surface area contributed by atoms with E-state index < -0.39 is 0 Å². The van der Waals surface area contributed by atoms with Crippen LogP contribution < -0.4 is 19.5 Å². The van der Waals surface area contributed by atoms with Crippen LogP contribution in [0.3, 0.4) is 0 Å². The summed E-state index contributed by atoms with van der Waals surface area (Å²) < 4.78 is 16.3. The van der Waals surface area contributed by atoms with Crippen LogP contribution in [0.1, 0.15) is 22.0 Å². The second kappa shape index (κ2) is 6.83. The van der Waals surface area contributed by atoms with Crippen molar-refractivity contribution in [1.29, 1.82) is 0 Å². The van der Waals surface area contributed by atoms with Gasteiger partial charge in [-0.2, -0.15) is 0 Å². The molecule has 1 aromatic heterocycles. The van der Waals surface area contributed by atoms with E-state index in [1.807, 2.05) is 19.2 Å². The Hall–Kier alpha value is -1.72. The molecule has 1 aromatic carbocycles. The second-order valence-corrected chi connectivity index (χ2v) is 5.59. The molecule has 0 amide bonds. The van der Waals surface area contributed by atoms with Crippen molar-refractivity contribution in [3.05, 3.63) is 39.6 Å². The minimum atomic E-state index is 0.0553. The Morgan fingerprint density at radius 2 is 1.62 bits per heavy atom. The van der Waals surface area contributed by atoms with E-state index in [0.717, 1.165) is 11.3 Å². The molecule has 1 unspecified atom stereocenters. The molecular formula is C16H21NO3S. The van der Waals surface area contributed by atoms with Gasteiger partial charge < -0.3 is 19.5 Å². The maximum Gasteiger partial charge on any atom is 0.164 e. The van der Waals surface area contributed by atoms with Gasteiger partial charge in [-0.1, -0.05) is 0 Å². The quantitative estimate of drug-likeness (QED) is 0.888. The third kappa shape index (κ3) is 2.99. The summed E-state index contributed by atoms with van der Waals surface area (Å²) in [7, 11) is 6.87.